The smallest absolute Gasteiger partial charge is 0.203 e. The Labute approximate surface area is 172 Å². The highest BCUT2D eigenvalue weighted by Crippen LogP contribution is 2.51. The molecule has 2 aromatic carbocycles. The SMILES string of the molecule is COc1cc(Br)c(C2CC(=O)Cc3cc(OC)c(OC)c(OC)c32)cc1OC. The van der Waals surface area contributed by atoms with Crippen molar-refractivity contribution in [3.8, 4) is 28.7 Å². The average molecular weight is 451 g/mol. The molecular weight excluding hydrogens is 428 g/mol. The molecule has 150 valence electrons. The fraction of sp³-hybridized carbons (Fsp3) is 0.381. The van der Waals surface area contributed by atoms with E-state index < -0.39 is 0 Å². The Bertz CT molecular complexity index is 908. The van der Waals surface area contributed by atoms with E-state index in [-0.39, 0.29) is 11.7 Å². The summed E-state index contributed by atoms with van der Waals surface area (Å²) in [6.45, 7) is 0. The van der Waals surface area contributed by atoms with Crippen molar-refractivity contribution >= 4 is 21.7 Å². The lowest BCUT2D eigenvalue weighted by molar-refractivity contribution is -0.119. The zero-order chi connectivity index (χ0) is 20.4. The van der Waals surface area contributed by atoms with E-state index in [1.165, 1.54) is 0 Å². The van der Waals surface area contributed by atoms with Crippen molar-refractivity contribution in [1.29, 1.82) is 0 Å². The maximum atomic E-state index is 12.6. The summed E-state index contributed by atoms with van der Waals surface area (Å²) >= 11 is 3.63. The number of rotatable bonds is 6. The number of Topliss-reactive ketones (excluding diaryl/α,β-unsaturated/α-hetero) is 1. The maximum absolute atomic E-state index is 12.6. The third-order valence-corrected chi connectivity index (χ3v) is 5.69. The van der Waals surface area contributed by atoms with Gasteiger partial charge in [-0.3, -0.25) is 4.79 Å². The lowest BCUT2D eigenvalue weighted by Crippen LogP contribution is -2.21. The summed E-state index contributed by atoms with van der Waals surface area (Å²) in [4.78, 5) is 12.6. The van der Waals surface area contributed by atoms with Gasteiger partial charge in [0.2, 0.25) is 5.75 Å². The van der Waals surface area contributed by atoms with Gasteiger partial charge < -0.3 is 23.7 Å². The number of carbonyl (C=O) groups is 1. The van der Waals surface area contributed by atoms with Gasteiger partial charge in [0.15, 0.2) is 23.0 Å². The third kappa shape index (κ3) is 3.39. The molecule has 1 aliphatic carbocycles. The molecule has 0 N–H and O–H groups in total. The number of ether oxygens (including phenoxy) is 5. The van der Waals surface area contributed by atoms with Gasteiger partial charge in [0.25, 0.3) is 0 Å². The van der Waals surface area contributed by atoms with Crippen LogP contribution in [0.5, 0.6) is 28.7 Å². The van der Waals surface area contributed by atoms with E-state index in [9.17, 15) is 4.79 Å². The minimum atomic E-state index is -0.222. The van der Waals surface area contributed by atoms with Crippen LogP contribution >= 0.6 is 15.9 Å². The molecule has 3 rings (SSSR count). The van der Waals surface area contributed by atoms with Crippen LogP contribution in [0.15, 0.2) is 22.7 Å². The number of benzene rings is 2. The van der Waals surface area contributed by atoms with Gasteiger partial charge in [-0.15, -0.1) is 0 Å². The Morgan fingerprint density at radius 1 is 0.821 bits per heavy atom. The van der Waals surface area contributed by atoms with Crippen LogP contribution in [0.1, 0.15) is 29.0 Å². The molecule has 0 aromatic heterocycles. The van der Waals surface area contributed by atoms with E-state index in [4.69, 9.17) is 23.7 Å². The van der Waals surface area contributed by atoms with E-state index in [1.54, 1.807) is 35.5 Å². The summed E-state index contributed by atoms with van der Waals surface area (Å²) in [6, 6.07) is 5.60. The van der Waals surface area contributed by atoms with E-state index in [2.05, 4.69) is 15.9 Å². The van der Waals surface area contributed by atoms with Crippen molar-refractivity contribution in [2.24, 2.45) is 0 Å². The summed E-state index contributed by atoms with van der Waals surface area (Å²) in [5, 5.41) is 0. The number of hydrogen-bond acceptors (Lipinski definition) is 6. The molecule has 0 amide bonds. The number of ketones is 1. The molecule has 0 aliphatic heterocycles. The monoisotopic (exact) mass is 450 g/mol. The quantitative estimate of drug-likeness (QED) is 0.658. The summed E-state index contributed by atoms with van der Waals surface area (Å²) in [5.74, 6) is 2.77. The molecule has 6 nitrogen and oxygen atoms in total. The van der Waals surface area contributed by atoms with Crippen LogP contribution in [0.3, 0.4) is 0 Å². The Morgan fingerprint density at radius 3 is 2.00 bits per heavy atom. The fourth-order valence-electron chi connectivity index (χ4n) is 3.77. The van der Waals surface area contributed by atoms with E-state index >= 15 is 0 Å². The van der Waals surface area contributed by atoms with Crippen LogP contribution in [0.4, 0.5) is 0 Å². The van der Waals surface area contributed by atoms with Crippen LogP contribution in [-0.2, 0) is 11.2 Å². The van der Waals surface area contributed by atoms with E-state index in [0.717, 1.165) is 21.2 Å². The first kappa shape index (κ1) is 20.3. The summed E-state index contributed by atoms with van der Waals surface area (Å²) in [7, 11) is 7.90. The van der Waals surface area contributed by atoms with Crippen molar-refractivity contribution in [3.63, 3.8) is 0 Å². The molecule has 0 radical (unpaired) electrons. The lowest BCUT2D eigenvalue weighted by Gasteiger charge is -2.30. The Morgan fingerprint density at radius 2 is 1.43 bits per heavy atom. The van der Waals surface area contributed by atoms with Gasteiger partial charge in [-0.1, -0.05) is 15.9 Å². The fourth-order valence-corrected chi connectivity index (χ4v) is 4.37. The number of fused-ring (bicyclic) bond motifs is 1. The van der Waals surface area contributed by atoms with Gasteiger partial charge in [-0.25, -0.2) is 0 Å². The van der Waals surface area contributed by atoms with Crippen LogP contribution < -0.4 is 23.7 Å². The minimum Gasteiger partial charge on any atom is -0.493 e. The molecular formula is C21H23BrO6. The van der Waals surface area contributed by atoms with Crippen LogP contribution in [0, 0.1) is 0 Å². The zero-order valence-corrected chi connectivity index (χ0v) is 18.1. The average Bonchev–Trinajstić information content (AvgIpc) is 2.71. The molecule has 1 unspecified atom stereocenters. The normalized spacial score (nSPS) is 15.6. The Balaban J connectivity index is 2.28. The molecule has 28 heavy (non-hydrogen) atoms. The molecule has 7 heteroatoms. The second-order valence-electron chi connectivity index (χ2n) is 6.42. The van der Waals surface area contributed by atoms with Gasteiger partial charge in [0, 0.05) is 28.8 Å². The molecule has 1 atom stereocenters. The van der Waals surface area contributed by atoms with Crippen molar-refractivity contribution < 1.29 is 28.5 Å². The zero-order valence-electron chi connectivity index (χ0n) is 16.6. The first-order valence-corrected chi connectivity index (χ1v) is 9.53. The van der Waals surface area contributed by atoms with Crippen LogP contribution in [0.2, 0.25) is 0 Å². The molecule has 0 fully saturated rings. The maximum Gasteiger partial charge on any atom is 0.203 e. The summed E-state index contributed by atoms with van der Waals surface area (Å²) in [6.07, 6.45) is 0.681. The standard InChI is InChI=1S/C21H23BrO6/c1-24-16-9-13(15(22)10-17(16)25-2)14-8-12(23)6-11-7-18(26-3)20(27-4)21(28-5)19(11)14/h7,9-10,14H,6,8H2,1-5H3. The molecule has 0 bridgehead atoms. The topological polar surface area (TPSA) is 63.2 Å². The second kappa shape index (κ2) is 8.31. The van der Waals surface area contributed by atoms with Crippen molar-refractivity contribution in [2.45, 2.75) is 18.8 Å². The van der Waals surface area contributed by atoms with E-state index in [0.29, 0.717) is 41.6 Å². The first-order valence-electron chi connectivity index (χ1n) is 8.73. The molecule has 0 saturated carbocycles. The van der Waals surface area contributed by atoms with Crippen LogP contribution in [0.25, 0.3) is 0 Å². The molecule has 0 spiro atoms. The lowest BCUT2D eigenvalue weighted by atomic mass is 9.77. The van der Waals surface area contributed by atoms with Crippen molar-refractivity contribution in [1.82, 2.24) is 0 Å². The predicted molar refractivity (Wildman–Crippen MR) is 109 cm³/mol. The molecule has 0 saturated heterocycles. The van der Waals surface area contributed by atoms with Crippen molar-refractivity contribution in [2.75, 3.05) is 35.5 Å². The third-order valence-electron chi connectivity index (χ3n) is 5.00. The number of carbonyl (C=O) groups excluding carboxylic acids is 1. The largest absolute Gasteiger partial charge is 0.493 e. The number of hydrogen-bond donors (Lipinski definition) is 0. The van der Waals surface area contributed by atoms with Gasteiger partial charge in [-0.05, 0) is 29.3 Å². The minimum absolute atomic E-state index is 0.147. The first-order chi connectivity index (χ1) is 13.5. The Hall–Kier alpha value is -2.41. The van der Waals surface area contributed by atoms with Gasteiger partial charge in [0.1, 0.15) is 5.78 Å². The highest BCUT2D eigenvalue weighted by molar-refractivity contribution is 9.10. The predicted octanol–water partition coefficient (Wildman–Crippen LogP) is 4.14. The van der Waals surface area contributed by atoms with Gasteiger partial charge >= 0.3 is 0 Å². The Kier molecular flexibility index (Phi) is 6.03. The van der Waals surface area contributed by atoms with Crippen molar-refractivity contribution in [3.05, 3.63) is 39.4 Å². The highest BCUT2D eigenvalue weighted by Gasteiger charge is 2.34. The number of halogens is 1. The second-order valence-corrected chi connectivity index (χ2v) is 7.27. The number of methoxy groups -OCH3 is 5. The van der Waals surface area contributed by atoms with Gasteiger partial charge in [0.05, 0.1) is 35.5 Å². The molecule has 1 aliphatic rings. The summed E-state index contributed by atoms with van der Waals surface area (Å²) in [5.41, 5.74) is 2.71. The molecule has 2 aromatic rings. The van der Waals surface area contributed by atoms with Gasteiger partial charge in [-0.2, -0.15) is 0 Å². The summed E-state index contributed by atoms with van der Waals surface area (Å²) < 4.78 is 28.4. The van der Waals surface area contributed by atoms with Crippen LogP contribution in [-0.4, -0.2) is 41.3 Å². The van der Waals surface area contributed by atoms with E-state index in [1.807, 2.05) is 18.2 Å². The molecule has 0 heterocycles. The highest BCUT2D eigenvalue weighted by atomic mass is 79.9.